The Hall–Kier alpha value is -1.18. The lowest BCUT2D eigenvalue weighted by atomic mass is 10.3. The Kier molecular flexibility index (Phi) is 3.80. The number of carboxylic acids is 1. The predicted octanol–water partition coefficient (Wildman–Crippen LogP) is 1.72. The number of aliphatic carboxylic acids is 1. The molecule has 1 aromatic carbocycles. The van der Waals surface area contributed by atoms with Crippen LogP contribution in [0.5, 0.6) is 0 Å². The minimum absolute atomic E-state index is 0.254. The van der Waals surface area contributed by atoms with Gasteiger partial charge in [-0.2, -0.15) is 4.31 Å². The fourth-order valence-corrected chi connectivity index (χ4v) is 3.86. The van der Waals surface area contributed by atoms with Crippen molar-refractivity contribution in [1.29, 1.82) is 0 Å². The van der Waals surface area contributed by atoms with E-state index in [-0.39, 0.29) is 16.0 Å². The molecule has 1 saturated carbocycles. The third-order valence-corrected chi connectivity index (χ3v) is 5.11. The lowest BCUT2D eigenvalue weighted by molar-refractivity contribution is -0.137. The van der Waals surface area contributed by atoms with Crippen molar-refractivity contribution >= 4 is 27.6 Å². The maximum atomic E-state index is 12.9. The molecule has 0 radical (unpaired) electrons. The monoisotopic (exact) mass is 307 g/mol. The summed E-state index contributed by atoms with van der Waals surface area (Å²) < 4.78 is 38.5. The van der Waals surface area contributed by atoms with Crippen molar-refractivity contribution in [2.75, 3.05) is 6.54 Å². The molecule has 8 heteroatoms. The summed E-state index contributed by atoms with van der Waals surface area (Å²) in [6.45, 7) is -0.624. The second-order valence-corrected chi connectivity index (χ2v) is 6.52. The van der Waals surface area contributed by atoms with E-state index in [2.05, 4.69) is 0 Å². The first-order chi connectivity index (χ1) is 8.82. The second kappa shape index (κ2) is 5.07. The molecule has 1 aromatic rings. The number of hydrogen-bond acceptors (Lipinski definition) is 3. The molecule has 0 unspecified atom stereocenters. The van der Waals surface area contributed by atoms with E-state index in [4.69, 9.17) is 16.7 Å². The average molecular weight is 308 g/mol. The van der Waals surface area contributed by atoms with E-state index < -0.39 is 28.4 Å². The summed E-state index contributed by atoms with van der Waals surface area (Å²) in [4.78, 5) is 10.5. The summed E-state index contributed by atoms with van der Waals surface area (Å²) in [5, 5.41) is 8.53. The van der Waals surface area contributed by atoms with Gasteiger partial charge in [0.25, 0.3) is 0 Å². The molecule has 1 aliphatic rings. The van der Waals surface area contributed by atoms with Crippen LogP contribution in [0, 0.1) is 5.82 Å². The molecule has 2 rings (SSSR count). The van der Waals surface area contributed by atoms with Crippen LogP contribution in [0.2, 0.25) is 5.02 Å². The van der Waals surface area contributed by atoms with Gasteiger partial charge in [0.15, 0.2) is 0 Å². The van der Waals surface area contributed by atoms with Crippen molar-refractivity contribution in [2.24, 2.45) is 0 Å². The van der Waals surface area contributed by atoms with Gasteiger partial charge >= 0.3 is 5.97 Å². The molecule has 1 aliphatic carbocycles. The molecule has 0 spiro atoms. The third kappa shape index (κ3) is 3.05. The van der Waals surface area contributed by atoms with Crippen LogP contribution in [0.1, 0.15) is 12.8 Å². The van der Waals surface area contributed by atoms with Gasteiger partial charge in [-0.3, -0.25) is 4.79 Å². The molecule has 104 valence electrons. The molecular formula is C11H11ClFNO4S. The molecule has 1 fully saturated rings. The van der Waals surface area contributed by atoms with Crippen molar-refractivity contribution in [1.82, 2.24) is 4.31 Å². The highest BCUT2D eigenvalue weighted by atomic mass is 35.5. The summed E-state index contributed by atoms with van der Waals surface area (Å²) in [5.41, 5.74) is 0. The number of nitrogens with zero attached hydrogens (tertiary/aromatic N) is 1. The van der Waals surface area contributed by atoms with Gasteiger partial charge < -0.3 is 5.11 Å². The zero-order valence-corrected chi connectivity index (χ0v) is 11.3. The van der Waals surface area contributed by atoms with Crippen molar-refractivity contribution in [3.8, 4) is 0 Å². The van der Waals surface area contributed by atoms with Crippen LogP contribution in [0.25, 0.3) is 0 Å². The number of hydrogen-bond donors (Lipinski definition) is 1. The lowest BCUT2D eigenvalue weighted by Gasteiger charge is -2.20. The van der Waals surface area contributed by atoms with E-state index in [0.29, 0.717) is 12.8 Å². The van der Waals surface area contributed by atoms with Crippen LogP contribution < -0.4 is 0 Å². The first-order valence-corrected chi connectivity index (χ1v) is 7.33. The normalized spacial score (nSPS) is 15.7. The van der Waals surface area contributed by atoms with Gasteiger partial charge in [0, 0.05) is 6.04 Å². The summed E-state index contributed by atoms with van der Waals surface area (Å²) in [7, 11) is -4.03. The van der Waals surface area contributed by atoms with E-state index in [1.54, 1.807) is 0 Å². The molecule has 0 aliphatic heterocycles. The van der Waals surface area contributed by atoms with Crippen molar-refractivity contribution in [2.45, 2.75) is 23.8 Å². The molecular weight excluding hydrogens is 297 g/mol. The molecule has 0 aromatic heterocycles. The van der Waals surface area contributed by atoms with Gasteiger partial charge in [0.1, 0.15) is 17.3 Å². The summed E-state index contributed by atoms with van der Waals surface area (Å²) in [6.07, 6.45) is 1.23. The average Bonchev–Trinajstić information content (AvgIpc) is 3.08. The third-order valence-electron chi connectivity index (χ3n) is 2.73. The quantitative estimate of drug-likeness (QED) is 0.898. The lowest BCUT2D eigenvalue weighted by Crippen LogP contribution is -2.37. The Labute approximate surface area is 114 Å². The van der Waals surface area contributed by atoms with Crippen LogP contribution >= 0.6 is 11.6 Å². The summed E-state index contributed by atoms with van der Waals surface area (Å²) in [5.74, 6) is -1.89. The van der Waals surface area contributed by atoms with Crippen LogP contribution in [-0.2, 0) is 14.8 Å². The van der Waals surface area contributed by atoms with E-state index in [0.717, 1.165) is 22.5 Å². The first-order valence-electron chi connectivity index (χ1n) is 5.51. The minimum atomic E-state index is -4.03. The summed E-state index contributed by atoms with van der Waals surface area (Å²) >= 11 is 5.73. The topological polar surface area (TPSA) is 74.7 Å². The maximum absolute atomic E-state index is 12.9. The Bertz CT molecular complexity index is 615. The highest BCUT2D eigenvalue weighted by Crippen LogP contribution is 2.34. The van der Waals surface area contributed by atoms with Gasteiger partial charge in [0.05, 0.1) is 5.02 Å². The van der Waals surface area contributed by atoms with Gasteiger partial charge in [-0.1, -0.05) is 11.6 Å². The highest BCUT2D eigenvalue weighted by molar-refractivity contribution is 7.89. The van der Waals surface area contributed by atoms with Gasteiger partial charge in [-0.05, 0) is 31.0 Å². The van der Waals surface area contributed by atoms with Crippen molar-refractivity contribution in [3.05, 3.63) is 29.0 Å². The highest BCUT2D eigenvalue weighted by Gasteiger charge is 2.40. The Morgan fingerprint density at radius 2 is 2.11 bits per heavy atom. The zero-order valence-electron chi connectivity index (χ0n) is 9.71. The standard InChI is InChI=1S/C11H11ClFNO4S/c12-9-5-7(13)1-4-10(9)19(17,18)14(6-11(15)16)8-2-3-8/h1,4-5,8H,2-3,6H2,(H,15,16). The number of sulfonamides is 1. The smallest absolute Gasteiger partial charge is 0.318 e. The molecule has 0 saturated heterocycles. The van der Waals surface area contributed by atoms with E-state index in [1.165, 1.54) is 0 Å². The number of benzene rings is 1. The largest absolute Gasteiger partial charge is 0.480 e. The zero-order chi connectivity index (χ0) is 14.2. The van der Waals surface area contributed by atoms with Crippen LogP contribution in [-0.4, -0.2) is 36.4 Å². The van der Waals surface area contributed by atoms with Crippen LogP contribution in [0.4, 0.5) is 4.39 Å². The Balaban J connectivity index is 2.41. The van der Waals surface area contributed by atoms with Crippen LogP contribution in [0.15, 0.2) is 23.1 Å². The number of halogens is 2. The number of rotatable bonds is 5. The van der Waals surface area contributed by atoms with Gasteiger partial charge in [0.2, 0.25) is 10.0 Å². The van der Waals surface area contributed by atoms with E-state index in [9.17, 15) is 17.6 Å². The van der Waals surface area contributed by atoms with E-state index >= 15 is 0 Å². The Morgan fingerprint density at radius 3 is 2.58 bits per heavy atom. The second-order valence-electron chi connectivity index (χ2n) is 4.25. The van der Waals surface area contributed by atoms with Gasteiger partial charge in [-0.15, -0.1) is 0 Å². The molecule has 0 heterocycles. The van der Waals surface area contributed by atoms with Crippen molar-refractivity contribution < 1.29 is 22.7 Å². The SMILES string of the molecule is O=C(O)CN(C1CC1)S(=O)(=O)c1ccc(F)cc1Cl. The molecule has 19 heavy (non-hydrogen) atoms. The molecule has 0 bridgehead atoms. The van der Waals surface area contributed by atoms with Crippen LogP contribution in [0.3, 0.4) is 0 Å². The molecule has 1 N–H and O–H groups in total. The fraction of sp³-hybridized carbons (Fsp3) is 0.364. The Morgan fingerprint density at radius 1 is 1.47 bits per heavy atom. The fourth-order valence-electron chi connectivity index (χ4n) is 1.72. The number of carbonyl (C=O) groups is 1. The van der Waals surface area contributed by atoms with E-state index in [1.807, 2.05) is 0 Å². The molecule has 0 amide bonds. The molecule has 5 nitrogen and oxygen atoms in total. The minimum Gasteiger partial charge on any atom is -0.480 e. The first kappa shape index (κ1) is 14.2. The maximum Gasteiger partial charge on any atom is 0.318 e. The summed E-state index contributed by atoms with van der Waals surface area (Å²) in [6, 6.07) is 2.59. The van der Waals surface area contributed by atoms with Crippen molar-refractivity contribution in [3.63, 3.8) is 0 Å². The number of carboxylic acid groups (broad SMARTS) is 1. The predicted molar refractivity (Wildman–Crippen MR) is 66.0 cm³/mol. The molecule has 0 atom stereocenters. The van der Waals surface area contributed by atoms with Gasteiger partial charge in [-0.25, -0.2) is 12.8 Å².